The summed E-state index contributed by atoms with van der Waals surface area (Å²) in [7, 11) is 3.91. The van der Waals surface area contributed by atoms with Gasteiger partial charge in [0.2, 0.25) is 0 Å². The number of hydrogen-bond donors (Lipinski definition) is 1. The van der Waals surface area contributed by atoms with Crippen LogP contribution in [0.3, 0.4) is 0 Å². The predicted molar refractivity (Wildman–Crippen MR) is 89.7 cm³/mol. The molecule has 0 radical (unpaired) electrons. The molecule has 4 nitrogen and oxygen atoms in total. The summed E-state index contributed by atoms with van der Waals surface area (Å²) >= 11 is 0. The fourth-order valence-electron chi connectivity index (χ4n) is 2.01. The number of nitrogens with one attached hydrogen (secondary N) is 1. The number of benzene rings is 2. The third-order valence-corrected chi connectivity index (χ3v) is 3.24. The standard InChI is InChI=1S/C18H22N2O2/c1-20(2)16-9-6-8-15(14-16)18(21)19-12-7-13-22-17-10-4-3-5-11-17/h3-6,8-11,14H,7,12-13H2,1-2H3,(H,19,21). The third-order valence-electron chi connectivity index (χ3n) is 3.24. The van der Waals surface area contributed by atoms with Crippen molar-refractivity contribution in [3.63, 3.8) is 0 Å². The number of hydrogen-bond acceptors (Lipinski definition) is 3. The first-order chi connectivity index (χ1) is 10.7. The van der Waals surface area contributed by atoms with Crippen molar-refractivity contribution in [1.82, 2.24) is 5.32 Å². The number of ether oxygens (including phenoxy) is 1. The van der Waals surface area contributed by atoms with Crippen molar-refractivity contribution < 1.29 is 9.53 Å². The maximum Gasteiger partial charge on any atom is 0.251 e. The number of anilines is 1. The van der Waals surface area contributed by atoms with E-state index in [-0.39, 0.29) is 5.91 Å². The van der Waals surface area contributed by atoms with Crippen molar-refractivity contribution >= 4 is 11.6 Å². The second-order valence-corrected chi connectivity index (χ2v) is 5.22. The molecule has 1 amide bonds. The first-order valence-corrected chi connectivity index (χ1v) is 7.40. The highest BCUT2D eigenvalue weighted by atomic mass is 16.5. The largest absolute Gasteiger partial charge is 0.494 e. The zero-order chi connectivity index (χ0) is 15.8. The smallest absolute Gasteiger partial charge is 0.251 e. The zero-order valence-electron chi connectivity index (χ0n) is 13.1. The van der Waals surface area contributed by atoms with Gasteiger partial charge in [0.15, 0.2) is 0 Å². The van der Waals surface area contributed by atoms with Crippen molar-refractivity contribution in [1.29, 1.82) is 0 Å². The molecule has 0 unspecified atom stereocenters. The van der Waals surface area contributed by atoms with Crippen LogP contribution in [-0.4, -0.2) is 33.2 Å². The van der Waals surface area contributed by atoms with Crippen molar-refractivity contribution in [2.45, 2.75) is 6.42 Å². The van der Waals surface area contributed by atoms with E-state index in [1.165, 1.54) is 0 Å². The highest BCUT2D eigenvalue weighted by molar-refractivity contribution is 5.95. The molecule has 0 fully saturated rings. The molecular weight excluding hydrogens is 276 g/mol. The molecule has 0 aliphatic carbocycles. The van der Waals surface area contributed by atoms with Crippen LogP contribution < -0.4 is 15.0 Å². The van der Waals surface area contributed by atoms with Gasteiger partial charge < -0.3 is 15.0 Å². The van der Waals surface area contributed by atoms with Crippen LogP contribution in [0.2, 0.25) is 0 Å². The van der Waals surface area contributed by atoms with Crippen LogP contribution in [0.15, 0.2) is 54.6 Å². The van der Waals surface area contributed by atoms with Gasteiger partial charge in [0.05, 0.1) is 6.61 Å². The van der Waals surface area contributed by atoms with Crippen LogP contribution in [0.1, 0.15) is 16.8 Å². The number of amides is 1. The highest BCUT2D eigenvalue weighted by Gasteiger charge is 2.06. The summed E-state index contributed by atoms with van der Waals surface area (Å²) in [6, 6.07) is 17.3. The fraction of sp³-hybridized carbons (Fsp3) is 0.278. The van der Waals surface area contributed by atoms with E-state index < -0.39 is 0 Å². The van der Waals surface area contributed by atoms with Crippen molar-refractivity contribution in [3.8, 4) is 5.75 Å². The fourth-order valence-corrected chi connectivity index (χ4v) is 2.01. The van der Waals surface area contributed by atoms with Crippen molar-refractivity contribution in [2.24, 2.45) is 0 Å². The van der Waals surface area contributed by atoms with Crippen LogP contribution in [0.25, 0.3) is 0 Å². The van der Waals surface area contributed by atoms with Crippen LogP contribution in [-0.2, 0) is 0 Å². The Bertz CT molecular complexity index is 597. The maximum absolute atomic E-state index is 12.1. The second-order valence-electron chi connectivity index (χ2n) is 5.22. The molecule has 0 aromatic heterocycles. The summed E-state index contributed by atoms with van der Waals surface area (Å²) in [6.45, 7) is 1.18. The highest BCUT2D eigenvalue weighted by Crippen LogP contribution is 2.13. The van der Waals surface area contributed by atoms with Crippen molar-refractivity contribution in [3.05, 3.63) is 60.2 Å². The summed E-state index contributed by atoms with van der Waals surface area (Å²) in [5, 5.41) is 2.91. The molecular formula is C18H22N2O2. The van der Waals surface area contributed by atoms with Crippen LogP contribution >= 0.6 is 0 Å². The van der Waals surface area contributed by atoms with Gasteiger partial charge >= 0.3 is 0 Å². The molecule has 0 spiro atoms. The van der Waals surface area contributed by atoms with Crippen LogP contribution in [0.4, 0.5) is 5.69 Å². The van der Waals surface area contributed by atoms with Crippen LogP contribution in [0.5, 0.6) is 5.75 Å². The molecule has 4 heteroatoms. The molecule has 116 valence electrons. The normalized spacial score (nSPS) is 10.1. The maximum atomic E-state index is 12.1. The SMILES string of the molecule is CN(C)c1cccc(C(=O)NCCCOc2ccccc2)c1. The quantitative estimate of drug-likeness (QED) is 0.799. The monoisotopic (exact) mass is 298 g/mol. The molecule has 22 heavy (non-hydrogen) atoms. The lowest BCUT2D eigenvalue weighted by Gasteiger charge is -2.13. The average Bonchev–Trinajstić information content (AvgIpc) is 2.55. The van der Waals surface area contributed by atoms with Gasteiger partial charge in [0.1, 0.15) is 5.75 Å². The topological polar surface area (TPSA) is 41.6 Å². The second kappa shape index (κ2) is 8.08. The number of carbonyl (C=O) groups excluding carboxylic acids is 1. The predicted octanol–water partition coefficient (Wildman–Crippen LogP) is 2.95. The Labute approximate surface area is 131 Å². The van der Waals surface area contributed by atoms with E-state index >= 15 is 0 Å². The first-order valence-electron chi connectivity index (χ1n) is 7.40. The lowest BCUT2D eigenvalue weighted by Crippen LogP contribution is -2.25. The van der Waals surface area contributed by atoms with E-state index in [1.54, 1.807) is 0 Å². The summed E-state index contributed by atoms with van der Waals surface area (Å²) in [4.78, 5) is 14.1. The molecule has 1 N–H and O–H groups in total. The summed E-state index contributed by atoms with van der Waals surface area (Å²) in [6.07, 6.45) is 0.772. The molecule has 0 heterocycles. The Balaban J connectivity index is 1.73. The summed E-state index contributed by atoms with van der Waals surface area (Å²) < 4.78 is 5.59. The van der Waals surface area contributed by atoms with E-state index in [0.29, 0.717) is 18.7 Å². The Morgan fingerprint density at radius 3 is 2.59 bits per heavy atom. The average molecular weight is 298 g/mol. The van der Waals surface area contributed by atoms with Gasteiger partial charge in [0.25, 0.3) is 5.91 Å². The Hall–Kier alpha value is -2.49. The van der Waals surface area contributed by atoms with Gasteiger partial charge in [-0.15, -0.1) is 0 Å². The molecule has 2 aromatic rings. The zero-order valence-corrected chi connectivity index (χ0v) is 13.1. The van der Waals surface area contributed by atoms with Crippen molar-refractivity contribution in [2.75, 3.05) is 32.1 Å². The molecule has 0 saturated carbocycles. The minimum Gasteiger partial charge on any atom is -0.494 e. The lowest BCUT2D eigenvalue weighted by molar-refractivity contribution is 0.0951. The number of nitrogens with zero attached hydrogens (tertiary/aromatic N) is 1. The molecule has 0 saturated heterocycles. The van der Waals surface area contributed by atoms with Gasteiger partial charge in [-0.25, -0.2) is 0 Å². The van der Waals surface area contributed by atoms with Gasteiger partial charge in [-0.05, 0) is 36.8 Å². The minimum atomic E-state index is -0.0524. The van der Waals surface area contributed by atoms with E-state index in [2.05, 4.69) is 5.32 Å². The third kappa shape index (κ3) is 4.81. The van der Waals surface area contributed by atoms with Gasteiger partial charge in [-0.1, -0.05) is 24.3 Å². The minimum absolute atomic E-state index is 0.0524. The van der Waals surface area contributed by atoms with E-state index in [4.69, 9.17) is 4.74 Å². The molecule has 2 rings (SSSR count). The molecule has 0 bridgehead atoms. The van der Waals surface area contributed by atoms with E-state index in [1.807, 2.05) is 73.6 Å². The Morgan fingerprint density at radius 2 is 1.86 bits per heavy atom. The van der Waals surface area contributed by atoms with Crippen LogP contribution in [0, 0.1) is 0 Å². The summed E-state index contributed by atoms with van der Waals surface area (Å²) in [5.74, 6) is 0.802. The summed E-state index contributed by atoms with van der Waals surface area (Å²) in [5.41, 5.74) is 1.69. The molecule has 2 aromatic carbocycles. The Kier molecular flexibility index (Phi) is 5.83. The number of para-hydroxylation sites is 1. The van der Waals surface area contributed by atoms with Gasteiger partial charge in [-0.2, -0.15) is 0 Å². The molecule has 0 aliphatic heterocycles. The lowest BCUT2D eigenvalue weighted by atomic mass is 10.2. The molecule has 0 aliphatic rings. The Morgan fingerprint density at radius 1 is 1.09 bits per heavy atom. The first kappa shape index (κ1) is 15.9. The van der Waals surface area contributed by atoms with Gasteiger partial charge in [0, 0.05) is 31.9 Å². The van der Waals surface area contributed by atoms with E-state index in [0.717, 1.165) is 17.9 Å². The number of carbonyl (C=O) groups is 1. The van der Waals surface area contributed by atoms with Gasteiger partial charge in [-0.3, -0.25) is 4.79 Å². The number of rotatable bonds is 7. The molecule has 0 atom stereocenters. The van der Waals surface area contributed by atoms with E-state index in [9.17, 15) is 4.79 Å².